The van der Waals surface area contributed by atoms with E-state index in [1.165, 1.54) is 0 Å². The lowest BCUT2D eigenvalue weighted by Crippen LogP contribution is -1.94. The Morgan fingerprint density at radius 1 is 1.50 bits per heavy atom. The Hall–Kier alpha value is -1.88. The van der Waals surface area contributed by atoms with Crippen molar-refractivity contribution in [2.45, 2.75) is 6.92 Å². The standard InChI is InChI=1S/C11H8N2O2S/c1-5-12-10-9(16-5)7-4-6(11(14)15)2-3-8(7)13-10/h2-4,13H,1H3,(H,14,15). The number of fused-ring (bicyclic) bond motifs is 3. The summed E-state index contributed by atoms with van der Waals surface area (Å²) in [5.74, 6) is -0.905. The zero-order valence-electron chi connectivity index (χ0n) is 8.44. The summed E-state index contributed by atoms with van der Waals surface area (Å²) in [5, 5.41) is 10.8. The molecule has 5 heteroatoms. The van der Waals surface area contributed by atoms with Gasteiger partial charge in [-0.2, -0.15) is 0 Å². The minimum atomic E-state index is -0.905. The third-order valence-electron chi connectivity index (χ3n) is 2.50. The van der Waals surface area contributed by atoms with Crippen LogP contribution in [0.3, 0.4) is 0 Å². The van der Waals surface area contributed by atoms with Gasteiger partial charge < -0.3 is 10.1 Å². The Morgan fingerprint density at radius 3 is 3.06 bits per heavy atom. The summed E-state index contributed by atoms with van der Waals surface area (Å²) in [7, 11) is 0. The first-order chi connectivity index (χ1) is 7.65. The summed E-state index contributed by atoms with van der Waals surface area (Å²) in [5.41, 5.74) is 2.07. The lowest BCUT2D eigenvalue weighted by Gasteiger charge is -1.94. The highest BCUT2D eigenvalue weighted by Gasteiger charge is 2.11. The summed E-state index contributed by atoms with van der Waals surface area (Å²) < 4.78 is 1.02. The van der Waals surface area contributed by atoms with Crippen LogP contribution in [-0.4, -0.2) is 21.0 Å². The van der Waals surface area contributed by atoms with Gasteiger partial charge in [0.25, 0.3) is 0 Å². The molecule has 80 valence electrons. The van der Waals surface area contributed by atoms with Gasteiger partial charge in [0.2, 0.25) is 0 Å². The van der Waals surface area contributed by atoms with Crippen molar-refractivity contribution in [2.75, 3.05) is 0 Å². The van der Waals surface area contributed by atoms with Gasteiger partial charge in [-0.25, -0.2) is 9.78 Å². The number of carbonyl (C=O) groups is 1. The Kier molecular flexibility index (Phi) is 1.79. The number of H-pyrrole nitrogens is 1. The number of nitrogens with zero attached hydrogens (tertiary/aromatic N) is 1. The van der Waals surface area contributed by atoms with Crippen molar-refractivity contribution >= 4 is 38.6 Å². The number of aromatic amines is 1. The smallest absolute Gasteiger partial charge is 0.335 e. The van der Waals surface area contributed by atoms with Crippen LogP contribution in [0, 0.1) is 6.92 Å². The number of thiazole rings is 1. The largest absolute Gasteiger partial charge is 0.478 e. The van der Waals surface area contributed by atoms with Crippen molar-refractivity contribution in [1.82, 2.24) is 9.97 Å². The number of rotatable bonds is 1. The van der Waals surface area contributed by atoms with Crippen molar-refractivity contribution < 1.29 is 9.90 Å². The van der Waals surface area contributed by atoms with Crippen LogP contribution in [0.4, 0.5) is 0 Å². The highest BCUT2D eigenvalue weighted by molar-refractivity contribution is 7.19. The SMILES string of the molecule is Cc1nc2[nH]c3ccc(C(=O)O)cc3c2s1. The summed E-state index contributed by atoms with van der Waals surface area (Å²) in [4.78, 5) is 18.4. The van der Waals surface area contributed by atoms with Gasteiger partial charge in [-0.15, -0.1) is 11.3 Å². The van der Waals surface area contributed by atoms with Gasteiger partial charge in [-0.05, 0) is 25.1 Å². The highest BCUT2D eigenvalue weighted by Crippen LogP contribution is 2.30. The maximum atomic E-state index is 10.9. The second-order valence-electron chi connectivity index (χ2n) is 3.60. The number of nitrogens with one attached hydrogen (secondary N) is 1. The van der Waals surface area contributed by atoms with Crippen LogP contribution in [-0.2, 0) is 0 Å². The van der Waals surface area contributed by atoms with Gasteiger partial charge in [-0.3, -0.25) is 0 Å². The quantitative estimate of drug-likeness (QED) is 0.678. The molecule has 2 heterocycles. The molecule has 0 atom stereocenters. The van der Waals surface area contributed by atoms with E-state index < -0.39 is 5.97 Å². The predicted octanol–water partition coefficient (Wildman–Crippen LogP) is 2.78. The van der Waals surface area contributed by atoms with Gasteiger partial charge in [0.1, 0.15) is 5.65 Å². The number of carboxylic acids is 1. The number of aryl methyl sites for hydroxylation is 1. The minimum Gasteiger partial charge on any atom is -0.478 e. The Balaban J connectivity index is 2.41. The monoisotopic (exact) mass is 232 g/mol. The number of hydrogen-bond donors (Lipinski definition) is 2. The van der Waals surface area contributed by atoms with E-state index in [4.69, 9.17) is 5.11 Å². The minimum absolute atomic E-state index is 0.305. The molecule has 3 rings (SSSR count). The molecule has 2 aromatic heterocycles. The van der Waals surface area contributed by atoms with Crippen LogP contribution in [0.25, 0.3) is 21.3 Å². The molecule has 3 aromatic rings. The average molecular weight is 232 g/mol. The van der Waals surface area contributed by atoms with Gasteiger partial charge in [0, 0.05) is 10.9 Å². The van der Waals surface area contributed by atoms with Gasteiger partial charge in [-0.1, -0.05) is 0 Å². The van der Waals surface area contributed by atoms with Crippen LogP contribution in [0.2, 0.25) is 0 Å². The molecule has 0 bridgehead atoms. The number of carboxylic acid groups (broad SMARTS) is 1. The van der Waals surface area contributed by atoms with Crippen molar-refractivity contribution in [2.24, 2.45) is 0 Å². The molecule has 0 saturated heterocycles. The van der Waals surface area contributed by atoms with Crippen LogP contribution >= 0.6 is 11.3 Å². The first kappa shape index (κ1) is 9.35. The molecule has 0 spiro atoms. The number of benzene rings is 1. The molecule has 0 fully saturated rings. The lowest BCUT2D eigenvalue weighted by atomic mass is 10.1. The highest BCUT2D eigenvalue weighted by atomic mass is 32.1. The van der Waals surface area contributed by atoms with E-state index >= 15 is 0 Å². The summed E-state index contributed by atoms with van der Waals surface area (Å²) in [6.07, 6.45) is 0. The maximum Gasteiger partial charge on any atom is 0.335 e. The second-order valence-corrected chi connectivity index (χ2v) is 4.80. The van der Waals surface area contributed by atoms with E-state index in [-0.39, 0.29) is 0 Å². The van der Waals surface area contributed by atoms with Gasteiger partial charge >= 0.3 is 5.97 Å². The zero-order chi connectivity index (χ0) is 11.3. The van der Waals surface area contributed by atoms with E-state index in [2.05, 4.69) is 9.97 Å². The molecule has 0 radical (unpaired) electrons. The molecule has 0 aliphatic rings. The van der Waals surface area contributed by atoms with E-state index in [0.717, 1.165) is 26.3 Å². The van der Waals surface area contributed by atoms with Gasteiger partial charge in [0.15, 0.2) is 0 Å². The molecule has 2 N–H and O–H groups in total. The summed E-state index contributed by atoms with van der Waals surface area (Å²) >= 11 is 1.57. The zero-order valence-corrected chi connectivity index (χ0v) is 9.26. The van der Waals surface area contributed by atoms with Gasteiger partial charge in [0.05, 0.1) is 15.3 Å². The van der Waals surface area contributed by atoms with Crippen LogP contribution in [0.5, 0.6) is 0 Å². The molecule has 0 saturated carbocycles. The van der Waals surface area contributed by atoms with Crippen LogP contribution in [0.1, 0.15) is 15.4 Å². The Bertz CT molecular complexity index is 711. The molecule has 0 unspecified atom stereocenters. The van der Waals surface area contributed by atoms with Crippen LogP contribution < -0.4 is 0 Å². The van der Waals surface area contributed by atoms with Crippen molar-refractivity contribution in [1.29, 1.82) is 0 Å². The fraction of sp³-hybridized carbons (Fsp3) is 0.0909. The number of hydrogen-bond acceptors (Lipinski definition) is 3. The molecular formula is C11H8N2O2S. The fourth-order valence-electron chi connectivity index (χ4n) is 1.80. The molecule has 0 aliphatic heterocycles. The van der Waals surface area contributed by atoms with E-state index in [9.17, 15) is 4.79 Å². The normalized spacial score (nSPS) is 11.3. The molecule has 0 amide bonds. The Morgan fingerprint density at radius 2 is 2.31 bits per heavy atom. The number of aromatic carboxylic acids is 1. The van der Waals surface area contributed by atoms with E-state index in [0.29, 0.717) is 5.56 Å². The van der Waals surface area contributed by atoms with E-state index in [1.807, 2.05) is 6.92 Å². The van der Waals surface area contributed by atoms with Crippen molar-refractivity contribution in [3.63, 3.8) is 0 Å². The van der Waals surface area contributed by atoms with Crippen molar-refractivity contribution in [3.05, 3.63) is 28.8 Å². The molecule has 1 aromatic carbocycles. The fourth-order valence-corrected chi connectivity index (χ4v) is 2.70. The molecule has 4 nitrogen and oxygen atoms in total. The first-order valence-electron chi connectivity index (χ1n) is 4.77. The molecule has 16 heavy (non-hydrogen) atoms. The second kappa shape index (κ2) is 3.05. The molecule has 0 aliphatic carbocycles. The third kappa shape index (κ3) is 1.22. The van der Waals surface area contributed by atoms with Crippen LogP contribution in [0.15, 0.2) is 18.2 Å². The lowest BCUT2D eigenvalue weighted by molar-refractivity contribution is 0.0697. The summed E-state index contributed by atoms with van der Waals surface area (Å²) in [6.45, 7) is 1.94. The first-order valence-corrected chi connectivity index (χ1v) is 5.59. The Labute approximate surface area is 94.5 Å². The predicted molar refractivity (Wildman–Crippen MR) is 63.2 cm³/mol. The maximum absolute atomic E-state index is 10.9. The van der Waals surface area contributed by atoms with E-state index in [1.54, 1.807) is 29.5 Å². The average Bonchev–Trinajstić information content (AvgIpc) is 2.72. The third-order valence-corrected chi connectivity index (χ3v) is 3.50. The number of aromatic nitrogens is 2. The topological polar surface area (TPSA) is 66.0 Å². The summed E-state index contributed by atoms with van der Waals surface area (Å²) in [6, 6.07) is 5.06. The molecular weight excluding hydrogens is 224 g/mol. The van der Waals surface area contributed by atoms with Crippen molar-refractivity contribution in [3.8, 4) is 0 Å².